The molecule has 98 valence electrons. The number of rotatable bonds is 5. The first-order valence-electron chi connectivity index (χ1n) is 6.67. The Kier molecular flexibility index (Phi) is 3.60. The van der Waals surface area contributed by atoms with Crippen LogP contribution < -0.4 is 10.6 Å². The molecule has 0 atom stereocenters. The number of carbonyl (C=O) groups is 1. The Balaban J connectivity index is 2.04. The quantitative estimate of drug-likeness (QED) is 0.838. The van der Waals surface area contributed by atoms with Crippen molar-refractivity contribution in [2.24, 2.45) is 5.41 Å². The van der Waals surface area contributed by atoms with Gasteiger partial charge in [0, 0.05) is 19.3 Å². The number of carbonyl (C=O) groups excluding carboxylic acids is 1. The normalized spacial score (nSPS) is 16.2. The van der Waals surface area contributed by atoms with Crippen LogP contribution in [0.15, 0.2) is 18.2 Å². The van der Waals surface area contributed by atoms with Gasteiger partial charge in [0.1, 0.15) is 0 Å². The number of nitrogens with one attached hydrogen (secondary N) is 2. The standard InChI is InChI=1S/C15H22N2O/c1-4-15(7-8-15)10-17-14(18)12-6-5-11(2)9-13(12)16-3/h5-6,9,16H,4,7-8,10H2,1-3H3,(H,17,18). The molecule has 1 amide bonds. The third-order valence-corrected chi connectivity index (χ3v) is 4.02. The van der Waals surface area contributed by atoms with Crippen molar-refractivity contribution in [1.29, 1.82) is 0 Å². The highest BCUT2D eigenvalue weighted by Gasteiger charge is 2.40. The number of hydrogen-bond acceptors (Lipinski definition) is 2. The van der Waals surface area contributed by atoms with E-state index in [1.807, 2.05) is 32.2 Å². The van der Waals surface area contributed by atoms with Gasteiger partial charge in [0.05, 0.1) is 5.56 Å². The van der Waals surface area contributed by atoms with Gasteiger partial charge in [0.2, 0.25) is 0 Å². The first-order valence-corrected chi connectivity index (χ1v) is 6.67. The third kappa shape index (κ3) is 2.66. The van der Waals surface area contributed by atoms with E-state index < -0.39 is 0 Å². The molecule has 0 radical (unpaired) electrons. The molecule has 1 fully saturated rings. The Morgan fingerprint density at radius 2 is 2.11 bits per heavy atom. The van der Waals surface area contributed by atoms with E-state index in [0.717, 1.165) is 29.8 Å². The van der Waals surface area contributed by atoms with Crippen LogP contribution >= 0.6 is 0 Å². The Morgan fingerprint density at radius 3 is 2.67 bits per heavy atom. The van der Waals surface area contributed by atoms with E-state index in [-0.39, 0.29) is 5.91 Å². The summed E-state index contributed by atoms with van der Waals surface area (Å²) in [6.07, 6.45) is 3.65. The molecule has 1 saturated carbocycles. The number of aryl methyl sites for hydroxylation is 1. The van der Waals surface area contributed by atoms with Crippen molar-refractivity contribution in [3.05, 3.63) is 29.3 Å². The van der Waals surface area contributed by atoms with Crippen molar-refractivity contribution in [1.82, 2.24) is 5.32 Å². The molecule has 0 spiro atoms. The number of anilines is 1. The molecule has 1 aliphatic rings. The predicted molar refractivity (Wildman–Crippen MR) is 75.0 cm³/mol. The first-order chi connectivity index (χ1) is 8.60. The smallest absolute Gasteiger partial charge is 0.253 e. The summed E-state index contributed by atoms with van der Waals surface area (Å²) in [7, 11) is 1.85. The topological polar surface area (TPSA) is 41.1 Å². The van der Waals surface area contributed by atoms with Crippen LogP contribution in [0.25, 0.3) is 0 Å². The van der Waals surface area contributed by atoms with Crippen LogP contribution in [-0.2, 0) is 0 Å². The highest BCUT2D eigenvalue weighted by molar-refractivity contribution is 5.99. The SMILES string of the molecule is CCC1(CNC(=O)c2ccc(C)cc2NC)CC1. The molecule has 2 rings (SSSR count). The van der Waals surface area contributed by atoms with E-state index >= 15 is 0 Å². The van der Waals surface area contributed by atoms with Crippen LogP contribution in [0.4, 0.5) is 5.69 Å². The van der Waals surface area contributed by atoms with Crippen molar-refractivity contribution in [3.8, 4) is 0 Å². The number of hydrogen-bond donors (Lipinski definition) is 2. The molecular formula is C15H22N2O. The maximum Gasteiger partial charge on any atom is 0.253 e. The molecule has 0 saturated heterocycles. The highest BCUT2D eigenvalue weighted by Crippen LogP contribution is 2.47. The summed E-state index contributed by atoms with van der Waals surface area (Å²) >= 11 is 0. The zero-order valence-corrected chi connectivity index (χ0v) is 11.5. The van der Waals surface area contributed by atoms with Gasteiger partial charge in [0.15, 0.2) is 0 Å². The van der Waals surface area contributed by atoms with E-state index in [2.05, 4.69) is 17.6 Å². The molecule has 1 aromatic carbocycles. The molecule has 0 bridgehead atoms. The third-order valence-electron chi connectivity index (χ3n) is 4.02. The molecule has 0 unspecified atom stereocenters. The van der Waals surface area contributed by atoms with Crippen molar-refractivity contribution < 1.29 is 4.79 Å². The maximum absolute atomic E-state index is 12.2. The number of amides is 1. The van der Waals surface area contributed by atoms with Gasteiger partial charge >= 0.3 is 0 Å². The van der Waals surface area contributed by atoms with Gasteiger partial charge in [-0.15, -0.1) is 0 Å². The van der Waals surface area contributed by atoms with Gasteiger partial charge < -0.3 is 10.6 Å². The largest absolute Gasteiger partial charge is 0.387 e. The lowest BCUT2D eigenvalue weighted by Crippen LogP contribution is -2.30. The first kappa shape index (κ1) is 12.9. The second-order valence-electron chi connectivity index (χ2n) is 5.34. The molecule has 1 aliphatic carbocycles. The fraction of sp³-hybridized carbons (Fsp3) is 0.533. The minimum atomic E-state index is 0.0269. The molecule has 3 heteroatoms. The molecule has 0 aromatic heterocycles. The summed E-state index contributed by atoms with van der Waals surface area (Å²) in [4.78, 5) is 12.2. The molecular weight excluding hydrogens is 224 g/mol. The lowest BCUT2D eigenvalue weighted by atomic mass is 10.0. The van der Waals surface area contributed by atoms with E-state index in [0.29, 0.717) is 5.41 Å². The molecule has 2 N–H and O–H groups in total. The van der Waals surface area contributed by atoms with E-state index in [4.69, 9.17) is 0 Å². The highest BCUT2D eigenvalue weighted by atomic mass is 16.1. The summed E-state index contributed by atoms with van der Waals surface area (Å²) in [5, 5.41) is 6.15. The molecule has 0 aliphatic heterocycles. The van der Waals surface area contributed by atoms with Crippen LogP contribution in [0.2, 0.25) is 0 Å². The van der Waals surface area contributed by atoms with Gasteiger partial charge in [-0.25, -0.2) is 0 Å². The van der Waals surface area contributed by atoms with Gasteiger partial charge in [-0.2, -0.15) is 0 Å². The molecule has 3 nitrogen and oxygen atoms in total. The summed E-state index contributed by atoms with van der Waals surface area (Å²) in [5.74, 6) is 0.0269. The van der Waals surface area contributed by atoms with E-state index in [1.165, 1.54) is 12.8 Å². The van der Waals surface area contributed by atoms with E-state index in [1.54, 1.807) is 0 Å². The van der Waals surface area contributed by atoms with Crippen LogP contribution in [0.1, 0.15) is 42.1 Å². The van der Waals surface area contributed by atoms with Crippen molar-refractivity contribution in [2.45, 2.75) is 33.1 Å². The zero-order valence-electron chi connectivity index (χ0n) is 11.5. The lowest BCUT2D eigenvalue weighted by molar-refractivity contribution is 0.0945. The average molecular weight is 246 g/mol. The predicted octanol–water partition coefficient (Wildman–Crippen LogP) is 2.96. The minimum Gasteiger partial charge on any atom is -0.387 e. The minimum absolute atomic E-state index is 0.0269. The lowest BCUT2D eigenvalue weighted by Gasteiger charge is -2.15. The molecule has 1 aromatic rings. The summed E-state index contributed by atoms with van der Waals surface area (Å²) in [5.41, 5.74) is 3.17. The van der Waals surface area contributed by atoms with Crippen LogP contribution in [-0.4, -0.2) is 19.5 Å². The second kappa shape index (κ2) is 5.01. The summed E-state index contributed by atoms with van der Waals surface area (Å²) in [6.45, 7) is 5.03. The Morgan fingerprint density at radius 1 is 1.39 bits per heavy atom. The average Bonchev–Trinajstić information content (AvgIpc) is 3.16. The number of benzene rings is 1. The van der Waals surface area contributed by atoms with Crippen LogP contribution in [0.3, 0.4) is 0 Å². The van der Waals surface area contributed by atoms with Gasteiger partial charge in [-0.1, -0.05) is 13.0 Å². The van der Waals surface area contributed by atoms with Crippen molar-refractivity contribution in [3.63, 3.8) is 0 Å². The van der Waals surface area contributed by atoms with Crippen LogP contribution in [0, 0.1) is 12.3 Å². The fourth-order valence-corrected chi connectivity index (χ4v) is 2.26. The van der Waals surface area contributed by atoms with E-state index in [9.17, 15) is 4.79 Å². The zero-order chi connectivity index (χ0) is 13.2. The van der Waals surface area contributed by atoms with Crippen LogP contribution in [0.5, 0.6) is 0 Å². The van der Waals surface area contributed by atoms with Gasteiger partial charge in [0.25, 0.3) is 5.91 Å². The Hall–Kier alpha value is -1.51. The molecule has 0 heterocycles. The van der Waals surface area contributed by atoms with Gasteiger partial charge in [-0.3, -0.25) is 4.79 Å². The van der Waals surface area contributed by atoms with Gasteiger partial charge in [-0.05, 0) is 49.3 Å². The summed E-state index contributed by atoms with van der Waals surface area (Å²) in [6, 6.07) is 5.87. The van der Waals surface area contributed by atoms with Crippen molar-refractivity contribution in [2.75, 3.05) is 18.9 Å². The van der Waals surface area contributed by atoms with Crippen molar-refractivity contribution >= 4 is 11.6 Å². The Labute approximate surface area is 109 Å². The Bertz CT molecular complexity index is 450. The fourth-order valence-electron chi connectivity index (χ4n) is 2.26. The monoisotopic (exact) mass is 246 g/mol. The molecule has 18 heavy (non-hydrogen) atoms. The maximum atomic E-state index is 12.2. The second-order valence-corrected chi connectivity index (χ2v) is 5.34. The summed E-state index contributed by atoms with van der Waals surface area (Å²) < 4.78 is 0.